The van der Waals surface area contributed by atoms with Crippen molar-refractivity contribution in [2.24, 2.45) is 0 Å². The molecule has 0 spiro atoms. The van der Waals surface area contributed by atoms with Gasteiger partial charge in [-0.15, -0.1) is 0 Å². The van der Waals surface area contributed by atoms with E-state index in [0.717, 1.165) is 19.3 Å². The summed E-state index contributed by atoms with van der Waals surface area (Å²) in [4.78, 5) is 0. The number of benzene rings is 1. The van der Waals surface area contributed by atoms with Crippen LogP contribution >= 0.6 is 0 Å². The zero-order valence-corrected chi connectivity index (χ0v) is 14.8. The third-order valence-electron chi connectivity index (χ3n) is 5.77. The Kier molecular flexibility index (Phi) is 4.53. The molecular formula is C18H23BF2N2O3. The number of aromatic nitrogens is 2. The molecule has 1 aromatic carbocycles. The summed E-state index contributed by atoms with van der Waals surface area (Å²) in [5.41, 5.74) is 0.945. The second-order valence-electron chi connectivity index (χ2n) is 7.32. The van der Waals surface area contributed by atoms with E-state index in [1.165, 1.54) is 6.07 Å². The van der Waals surface area contributed by atoms with Gasteiger partial charge in [-0.25, -0.2) is 13.5 Å². The Morgan fingerprint density at radius 1 is 1.35 bits per heavy atom. The number of rotatable bonds is 3. The molecule has 2 N–H and O–H groups in total. The molecule has 8 heteroatoms. The molecule has 2 aromatic rings. The molecule has 1 aliphatic carbocycles. The van der Waals surface area contributed by atoms with Crippen molar-refractivity contribution in [2.45, 2.75) is 63.5 Å². The van der Waals surface area contributed by atoms with Gasteiger partial charge >= 0.3 is 7.12 Å². The van der Waals surface area contributed by atoms with Crippen molar-refractivity contribution in [1.29, 1.82) is 0 Å². The van der Waals surface area contributed by atoms with E-state index in [9.17, 15) is 18.8 Å². The predicted octanol–water partition coefficient (Wildman–Crippen LogP) is 2.79. The summed E-state index contributed by atoms with van der Waals surface area (Å²) in [6.07, 6.45) is 4.75. The molecule has 0 amide bonds. The highest BCUT2D eigenvalue weighted by molar-refractivity contribution is 6.62. The molecule has 0 radical (unpaired) electrons. The minimum atomic E-state index is -2.98. The van der Waals surface area contributed by atoms with Gasteiger partial charge in [-0.2, -0.15) is 5.10 Å². The lowest BCUT2D eigenvalue weighted by Gasteiger charge is -2.33. The average Bonchev–Trinajstić information content (AvgIpc) is 3.04. The normalized spacial score (nSPS) is 25.3. The van der Waals surface area contributed by atoms with Crippen LogP contribution in [0.1, 0.15) is 68.7 Å². The van der Waals surface area contributed by atoms with Gasteiger partial charge in [-0.1, -0.05) is 6.92 Å². The Morgan fingerprint density at radius 3 is 2.81 bits per heavy atom. The molecule has 26 heavy (non-hydrogen) atoms. The van der Waals surface area contributed by atoms with E-state index in [-0.39, 0.29) is 29.6 Å². The van der Waals surface area contributed by atoms with E-state index in [1.807, 2.05) is 6.92 Å². The third kappa shape index (κ3) is 2.75. The topological polar surface area (TPSA) is 67.5 Å². The first-order valence-corrected chi connectivity index (χ1v) is 9.34. The lowest BCUT2D eigenvalue weighted by molar-refractivity contribution is -0.0371. The van der Waals surface area contributed by atoms with Crippen LogP contribution in [-0.2, 0) is 10.7 Å². The third-order valence-corrected chi connectivity index (χ3v) is 5.77. The molecule has 5 nitrogen and oxygen atoms in total. The van der Waals surface area contributed by atoms with E-state index in [2.05, 4.69) is 5.10 Å². The van der Waals surface area contributed by atoms with Crippen molar-refractivity contribution < 1.29 is 23.6 Å². The van der Waals surface area contributed by atoms with Crippen molar-refractivity contribution >= 4 is 23.5 Å². The Labute approximate surface area is 151 Å². The SMILES string of the molecule is CC[C@@H]1CCC(F)(F)c2cc3c(cnn3C3CCCCO3)c(B(O)O)c21. The van der Waals surface area contributed by atoms with Gasteiger partial charge in [-0.05, 0) is 55.1 Å². The summed E-state index contributed by atoms with van der Waals surface area (Å²) in [6, 6.07) is 1.49. The predicted molar refractivity (Wildman–Crippen MR) is 94.6 cm³/mol. The monoisotopic (exact) mass is 364 g/mol. The van der Waals surface area contributed by atoms with Gasteiger partial charge in [0, 0.05) is 24.0 Å². The Hall–Kier alpha value is -1.51. The second-order valence-corrected chi connectivity index (χ2v) is 7.32. The molecule has 2 heterocycles. The number of hydrogen-bond acceptors (Lipinski definition) is 4. The van der Waals surface area contributed by atoms with Crippen LogP contribution in [0, 0.1) is 0 Å². The molecule has 0 bridgehead atoms. The number of fused-ring (bicyclic) bond motifs is 2. The zero-order chi connectivity index (χ0) is 18.5. The minimum Gasteiger partial charge on any atom is -0.423 e. The Morgan fingerprint density at radius 2 is 2.15 bits per heavy atom. The number of hydrogen-bond donors (Lipinski definition) is 2. The number of halogens is 2. The van der Waals surface area contributed by atoms with Crippen LogP contribution in [0.15, 0.2) is 12.3 Å². The number of alkyl halides is 2. The number of nitrogens with zero attached hydrogens (tertiary/aromatic N) is 2. The fraction of sp³-hybridized carbons (Fsp3) is 0.611. The standard InChI is InChI=1S/C18H23BF2N2O3/c1-2-11-6-7-18(20,21)13-9-14-12(17(16(11)13)19(24)25)10-22-23(14)15-5-3-4-8-26-15/h9-11,15,24-25H,2-8H2,1H3/t11-,15?/m1/s1. The van der Waals surface area contributed by atoms with Crippen LogP contribution in [-0.4, -0.2) is 33.6 Å². The summed E-state index contributed by atoms with van der Waals surface area (Å²) < 4.78 is 36.8. The largest absolute Gasteiger partial charge is 0.489 e. The fourth-order valence-electron chi connectivity index (χ4n) is 4.44. The van der Waals surface area contributed by atoms with E-state index in [4.69, 9.17) is 4.74 Å². The van der Waals surface area contributed by atoms with Gasteiger partial charge in [0.2, 0.25) is 0 Å². The molecule has 1 saturated heterocycles. The molecular weight excluding hydrogens is 341 g/mol. The maximum absolute atomic E-state index is 14.7. The molecule has 4 rings (SSSR count). The van der Waals surface area contributed by atoms with Crippen LogP contribution in [0.4, 0.5) is 8.78 Å². The van der Waals surface area contributed by atoms with Crippen molar-refractivity contribution in [3.05, 3.63) is 23.4 Å². The van der Waals surface area contributed by atoms with Gasteiger partial charge < -0.3 is 14.8 Å². The lowest BCUT2D eigenvalue weighted by Crippen LogP contribution is -2.39. The summed E-state index contributed by atoms with van der Waals surface area (Å²) in [7, 11) is -1.82. The van der Waals surface area contributed by atoms with Gasteiger partial charge in [0.15, 0.2) is 6.23 Å². The van der Waals surface area contributed by atoms with Crippen LogP contribution in [0.25, 0.3) is 10.9 Å². The van der Waals surface area contributed by atoms with Gasteiger partial charge in [-0.3, -0.25) is 0 Å². The summed E-state index contributed by atoms with van der Waals surface area (Å²) in [6.45, 7) is 2.55. The maximum atomic E-state index is 14.7. The molecule has 2 atom stereocenters. The highest BCUT2D eigenvalue weighted by Gasteiger charge is 2.43. The van der Waals surface area contributed by atoms with Crippen LogP contribution in [0.2, 0.25) is 0 Å². The van der Waals surface area contributed by atoms with Crippen molar-refractivity contribution in [1.82, 2.24) is 9.78 Å². The molecule has 0 saturated carbocycles. The molecule has 2 aliphatic rings. The Bertz CT molecular complexity index is 818. The van der Waals surface area contributed by atoms with E-state index < -0.39 is 13.0 Å². The van der Waals surface area contributed by atoms with Crippen LogP contribution in [0.3, 0.4) is 0 Å². The zero-order valence-electron chi connectivity index (χ0n) is 14.8. The molecule has 1 unspecified atom stereocenters. The smallest absolute Gasteiger partial charge is 0.423 e. The minimum absolute atomic E-state index is 0.0937. The molecule has 1 aliphatic heterocycles. The van der Waals surface area contributed by atoms with Crippen molar-refractivity contribution in [3.8, 4) is 0 Å². The molecule has 1 fully saturated rings. The van der Waals surface area contributed by atoms with Crippen LogP contribution in [0.5, 0.6) is 0 Å². The number of ether oxygens (including phenoxy) is 1. The van der Waals surface area contributed by atoms with Crippen molar-refractivity contribution in [3.63, 3.8) is 0 Å². The lowest BCUT2D eigenvalue weighted by atomic mass is 9.66. The second kappa shape index (κ2) is 6.58. The van der Waals surface area contributed by atoms with Gasteiger partial charge in [0.05, 0.1) is 11.7 Å². The quantitative estimate of drug-likeness (QED) is 0.822. The van der Waals surface area contributed by atoms with Gasteiger partial charge in [0.1, 0.15) is 0 Å². The van der Waals surface area contributed by atoms with E-state index >= 15 is 0 Å². The van der Waals surface area contributed by atoms with Crippen molar-refractivity contribution in [2.75, 3.05) is 6.61 Å². The molecule has 140 valence electrons. The van der Waals surface area contributed by atoms with Crippen LogP contribution < -0.4 is 5.46 Å². The first-order chi connectivity index (χ1) is 12.4. The summed E-state index contributed by atoms with van der Waals surface area (Å²) in [5, 5.41) is 24.9. The first kappa shape index (κ1) is 17.9. The first-order valence-electron chi connectivity index (χ1n) is 9.34. The summed E-state index contributed by atoms with van der Waals surface area (Å²) >= 11 is 0. The van der Waals surface area contributed by atoms with E-state index in [1.54, 1.807) is 10.9 Å². The summed E-state index contributed by atoms with van der Waals surface area (Å²) in [5.74, 6) is -3.10. The van der Waals surface area contributed by atoms with Gasteiger partial charge in [0.25, 0.3) is 5.92 Å². The van der Waals surface area contributed by atoms with E-state index in [0.29, 0.717) is 35.9 Å². The average molecular weight is 364 g/mol. The fourth-order valence-corrected chi connectivity index (χ4v) is 4.44. The Balaban J connectivity index is 1.98. The highest BCUT2D eigenvalue weighted by atomic mass is 19.3. The maximum Gasteiger partial charge on any atom is 0.489 e. The molecule has 1 aromatic heterocycles. The highest BCUT2D eigenvalue weighted by Crippen LogP contribution is 2.47.